The molecule has 1 amide bonds. The number of anilines is 1. The topological polar surface area (TPSA) is 123 Å². The molecule has 4 rings (SSSR count). The smallest absolute Gasteiger partial charge is 0.277 e. The van der Waals surface area contributed by atoms with Gasteiger partial charge in [0.1, 0.15) is 0 Å². The highest BCUT2D eigenvalue weighted by Gasteiger charge is 2.27. The molecule has 2 heterocycles. The van der Waals surface area contributed by atoms with Crippen molar-refractivity contribution in [3.63, 3.8) is 0 Å². The fraction of sp³-hybridized carbons (Fsp3) is 0.222. The highest BCUT2D eigenvalue weighted by Crippen LogP contribution is 2.31. The summed E-state index contributed by atoms with van der Waals surface area (Å²) in [6.45, 7) is 1.78. The molecular formula is C18H14ClN5O5S. The quantitative estimate of drug-likeness (QED) is 0.441. The number of nitro groups is 2. The van der Waals surface area contributed by atoms with Gasteiger partial charge in [-0.15, -0.1) is 0 Å². The predicted molar refractivity (Wildman–Crippen MR) is 112 cm³/mol. The van der Waals surface area contributed by atoms with Crippen LogP contribution in [0, 0.1) is 20.2 Å². The van der Waals surface area contributed by atoms with Gasteiger partial charge in [-0.05, 0) is 18.2 Å². The van der Waals surface area contributed by atoms with Gasteiger partial charge in [-0.25, -0.2) is 4.98 Å². The molecule has 3 aromatic rings. The van der Waals surface area contributed by atoms with E-state index in [0.717, 1.165) is 33.5 Å². The molecule has 0 N–H and O–H groups in total. The second-order valence-corrected chi connectivity index (χ2v) is 8.09. The molecule has 0 radical (unpaired) electrons. The Balaban J connectivity index is 1.50. The third kappa shape index (κ3) is 3.89. The molecule has 0 saturated carbocycles. The zero-order chi connectivity index (χ0) is 21.4. The summed E-state index contributed by atoms with van der Waals surface area (Å²) in [4.78, 5) is 41.6. The largest absolute Gasteiger partial charge is 0.345 e. The molecule has 0 bridgehead atoms. The number of hydrogen-bond acceptors (Lipinski definition) is 8. The van der Waals surface area contributed by atoms with Gasteiger partial charge in [0, 0.05) is 43.3 Å². The average Bonchev–Trinajstić information content (AvgIpc) is 3.16. The van der Waals surface area contributed by atoms with Crippen LogP contribution in [0.15, 0.2) is 36.4 Å². The lowest BCUT2D eigenvalue weighted by molar-refractivity contribution is -0.394. The Hall–Kier alpha value is -3.31. The summed E-state index contributed by atoms with van der Waals surface area (Å²) in [6, 6.07) is 8.47. The highest BCUT2D eigenvalue weighted by molar-refractivity contribution is 7.22. The van der Waals surface area contributed by atoms with Gasteiger partial charge in [0.15, 0.2) is 5.13 Å². The average molecular weight is 448 g/mol. The normalized spacial score (nSPS) is 14.2. The maximum absolute atomic E-state index is 12.8. The van der Waals surface area contributed by atoms with Gasteiger partial charge in [0.2, 0.25) is 0 Å². The number of halogens is 1. The molecule has 0 spiro atoms. The van der Waals surface area contributed by atoms with Crippen molar-refractivity contribution in [2.75, 3.05) is 31.1 Å². The van der Waals surface area contributed by atoms with Crippen LogP contribution < -0.4 is 4.90 Å². The van der Waals surface area contributed by atoms with Crippen molar-refractivity contribution in [3.05, 3.63) is 67.2 Å². The molecule has 0 aliphatic carbocycles. The van der Waals surface area contributed by atoms with E-state index in [1.165, 1.54) is 16.2 Å². The first kappa shape index (κ1) is 20.0. The van der Waals surface area contributed by atoms with Crippen LogP contribution in [-0.4, -0.2) is 51.8 Å². The lowest BCUT2D eigenvalue weighted by Crippen LogP contribution is -2.48. The molecule has 1 aliphatic rings. The van der Waals surface area contributed by atoms with Crippen molar-refractivity contribution in [1.82, 2.24) is 9.88 Å². The van der Waals surface area contributed by atoms with Crippen molar-refractivity contribution in [3.8, 4) is 0 Å². The molecule has 1 aromatic heterocycles. The highest BCUT2D eigenvalue weighted by atomic mass is 35.5. The van der Waals surface area contributed by atoms with Crippen molar-refractivity contribution in [2.24, 2.45) is 0 Å². The molecule has 2 aromatic carbocycles. The Morgan fingerprint density at radius 1 is 1.00 bits per heavy atom. The van der Waals surface area contributed by atoms with E-state index in [1.807, 2.05) is 12.1 Å². The number of thiazole rings is 1. The van der Waals surface area contributed by atoms with E-state index in [4.69, 9.17) is 11.6 Å². The third-order valence-corrected chi connectivity index (χ3v) is 6.06. The molecule has 1 fully saturated rings. The van der Waals surface area contributed by atoms with E-state index in [2.05, 4.69) is 9.88 Å². The van der Waals surface area contributed by atoms with Gasteiger partial charge < -0.3 is 9.80 Å². The predicted octanol–water partition coefficient (Wildman–Crippen LogP) is 3.73. The number of amides is 1. The number of aromatic nitrogens is 1. The summed E-state index contributed by atoms with van der Waals surface area (Å²) >= 11 is 7.54. The number of non-ortho nitro benzene ring substituents is 2. The maximum atomic E-state index is 12.8. The van der Waals surface area contributed by atoms with Crippen LogP contribution >= 0.6 is 22.9 Å². The minimum absolute atomic E-state index is 0.0704. The fourth-order valence-corrected chi connectivity index (χ4v) is 4.53. The molecule has 1 saturated heterocycles. The number of nitrogens with zero attached hydrogens (tertiary/aromatic N) is 5. The standard InChI is InChI=1S/C18H14ClN5O5S/c19-12-1-2-15-16(9-12)30-18(20-15)22-5-3-21(4-6-22)17(25)11-7-13(23(26)27)10-14(8-11)24(28)29/h1-2,7-10H,3-6H2. The maximum Gasteiger partial charge on any atom is 0.277 e. The number of benzene rings is 2. The monoisotopic (exact) mass is 447 g/mol. The van der Waals surface area contributed by atoms with Crippen molar-refractivity contribution in [2.45, 2.75) is 0 Å². The second kappa shape index (κ2) is 7.84. The molecular weight excluding hydrogens is 434 g/mol. The van der Waals surface area contributed by atoms with E-state index < -0.39 is 27.1 Å². The zero-order valence-corrected chi connectivity index (χ0v) is 16.9. The lowest BCUT2D eigenvalue weighted by Gasteiger charge is -2.34. The summed E-state index contributed by atoms with van der Waals surface area (Å²) in [7, 11) is 0. The lowest BCUT2D eigenvalue weighted by atomic mass is 10.1. The summed E-state index contributed by atoms with van der Waals surface area (Å²) in [5.41, 5.74) is -0.195. The van der Waals surface area contributed by atoms with E-state index in [9.17, 15) is 25.0 Å². The van der Waals surface area contributed by atoms with Gasteiger partial charge in [-0.2, -0.15) is 0 Å². The number of rotatable bonds is 4. The van der Waals surface area contributed by atoms with Gasteiger partial charge in [-0.1, -0.05) is 22.9 Å². The first-order valence-electron chi connectivity index (χ1n) is 8.86. The van der Waals surface area contributed by atoms with Gasteiger partial charge >= 0.3 is 0 Å². The van der Waals surface area contributed by atoms with Crippen LogP contribution in [0.25, 0.3) is 10.2 Å². The number of hydrogen-bond donors (Lipinski definition) is 0. The summed E-state index contributed by atoms with van der Waals surface area (Å²) in [5, 5.41) is 23.6. The second-order valence-electron chi connectivity index (χ2n) is 6.64. The Kier molecular flexibility index (Phi) is 5.22. The van der Waals surface area contributed by atoms with Gasteiger partial charge in [0.05, 0.1) is 31.7 Å². The van der Waals surface area contributed by atoms with Crippen molar-refractivity contribution < 1.29 is 14.6 Å². The Morgan fingerprint density at radius 2 is 1.63 bits per heavy atom. The molecule has 12 heteroatoms. The number of nitro benzene ring substituents is 2. The third-order valence-electron chi connectivity index (χ3n) is 4.75. The molecule has 10 nitrogen and oxygen atoms in total. The fourth-order valence-electron chi connectivity index (χ4n) is 3.23. The molecule has 0 atom stereocenters. The number of piperazine rings is 1. The van der Waals surface area contributed by atoms with E-state index in [1.54, 1.807) is 6.07 Å². The summed E-state index contributed by atoms with van der Waals surface area (Å²) < 4.78 is 0.972. The molecule has 154 valence electrons. The Bertz CT molecular complexity index is 1140. The van der Waals surface area contributed by atoms with Gasteiger partial charge in [-0.3, -0.25) is 25.0 Å². The summed E-state index contributed by atoms with van der Waals surface area (Å²) in [5.74, 6) is -0.475. The van der Waals surface area contributed by atoms with Gasteiger partial charge in [0.25, 0.3) is 17.3 Å². The van der Waals surface area contributed by atoms with Crippen LogP contribution in [0.5, 0.6) is 0 Å². The molecule has 1 aliphatic heterocycles. The number of carbonyl (C=O) groups excluding carboxylic acids is 1. The minimum Gasteiger partial charge on any atom is -0.345 e. The summed E-state index contributed by atoms with van der Waals surface area (Å²) in [6.07, 6.45) is 0. The van der Waals surface area contributed by atoms with Crippen LogP contribution in [0.1, 0.15) is 10.4 Å². The number of fused-ring (bicyclic) bond motifs is 1. The Labute approximate surface area is 178 Å². The van der Waals surface area contributed by atoms with Crippen LogP contribution in [0.2, 0.25) is 5.02 Å². The zero-order valence-electron chi connectivity index (χ0n) is 15.4. The molecule has 30 heavy (non-hydrogen) atoms. The first-order chi connectivity index (χ1) is 14.3. The van der Waals surface area contributed by atoms with Crippen LogP contribution in [0.4, 0.5) is 16.5 Å². The van der Waals surface area contributed by atoms with Crippen LogP contribution in [-0.2, 0) is 0 Å². The van der Waals surface area contributed by atoms with E-state index in [0.29, 0.717) is 31.2 Å². The Morgan fingerprint density at radius 3 is 2.23 bits per heavy atom. The van der Waals surface area contributed by atoms with Crippen molar-refractivity contribution >= 4 is 55.6 Å². The number of carbonyl (C=O) groups is 1. The van der Waals surface area contributed by atoms with Crippen LogP contribution in [0.3, 0.4) is 0 Å². The minimum atomic E-state index is -0.749. The van der Waals surface area contributed by atoms with Crippen molar-refractivity contribution in [1.29, 1.82) is 0 Å². The SMILES string of the molecule is O=C(c1cc([N+](=O)[O-])cc([N+](=O)[O-])c1)N1CCN(c2nc3ccc(Cl)cc3s2)CC1. The van der Waals surface area contributed by atoms with E-state index in [-0.39, 0.29) is 5.56 Å². The molecule has 0 unspecified atom stereocenters. The first-order valence-corrected chi connectivity index (χ1v) is 10.1. The van der Waals surface area contributed by atoms with E-state index >= 15 is 0 Å².